The Bertz CT molecular complexity index is 745. The third-order valence-corrected chi connectivity index (χ3v) is 3.81. The maximum Gasteiger partial charge on any atom is 0.280 e. The van der Waals surface area contributed by atoms with Gasteiger partial charge in [0, 0.05) is 23.2 Å². The minimum absolute atomic E-state index is 0.0777. The molecule has 0 saturated heterocycles. The summed E-state index contributed by atoms with van der Waals surface area (Å²) in [5.41, 5.74) is -1.02. The van der Waals surface area contributed by atoms with Gasteiger partial charge in [-0.15, -0.1) is 0 Å². The van der Waals surface area contributed by atoms with Crippen molar-refractivity contribution in [1.29, 1.82) is 0 Å². The Hall–Kier alpha value is -2.37. The number of benzene rings is 2. The zero-order valence-corrected chi connectivity index (χ0v) is 12.2. The summed E-state index contributed by atoms with van der Waals surface area (Å²) >= 11 is 5.85. The predicted molar refractivity (Wildman–Crippen MR) is 82.7 cm³/mol. The van der Waals surface area contributed by atoms with Crippen LogP contribution < -0.4 is 0 Å². The lowest BCUT2D eigenvalue weighted by Gasteiger charge is -2.31. The van der Waals surface area contributed by atoms with Crippen LogP contribution in [-0.2, 0) is 5.72 Å². The number of halogens is 1. The second kappa shape index (κ2) is 5.44. The van der Waals surface area contributed by atoms with Crippen molar-refractivity contribution in [2.45, 2.75) is 12.1 Å². The van der Waals surface area contributed by atoms with Gasteiger partial charge in [0.1, 0.15) is 5.75 Å². The number of amides is 1. The molecule has 1 aliphatic heterocycles. The van der Waals surface area contributed by atoms with Gasteiger partial charge < -0.3 is 10.2 Å². The Kier molecular flexibility index (Phi) is 3.60. The summed E-state index contributed by atoms with van der Waals surface area (Å²) in [6.45, 7) is 0. The number of phenols is 1. The first kappa shape index (κ1) is 14.6. The van der Waals surface area contributed by atoms with Crippen LogP contribution >= 0.6 is 11.6 Å². The number of para-hydroxylation sites is 1. The number of phenolic OH excluding ortho intramolecular Hbond substituents is 1. The molecular weight excluding hydrogens is 304 g/mol. The fourth-order valence-corrected chi connectivity index (χ4v) is 2.50. The van der Waals surface area contributed by atoms with Gasteiger partial charge in [0.05, 0.1) is 5.56 Å². The van der Waals surface area contributed by atoms with Crippen molar-refractivity contribution in [3.05, 3.63) is 64.7 Å². The summed E-state index contributed by atoms with van der Waals surface area (Å²) < 4.78 is 0. The number of rotatable bonds is 2. The number of hydrogen-bond acceptors (Lipinski definition) is 4. The van der Waals surface area contributed by atoms with Crippen molar-refractivity contribution in [3.8, 4) is 5.75 Å². The lowest BCUT2D eigenvalue weighted by Crippen LogP contribution is -2.43. The normalized spacial score (nSPS) is 20.4. The molecular formula is C16H13ClN2O3. The highest BCUT2D eigenvalue weighted by Gasteiger charge is 2.43. The molecule has 22 heavy (non-hydrogen) atoms. The second-order valence-corrected chi connectivity index (χ2v) is 5.40. The van der Waals surface area contributed by atoms with E-state index in [9.17, 15) is 15.0 Å². The summed E-state index contributed by atoms with van der Waals surface area (Å²) in [5.74, 6) is -0.739. The Labute approximate surface area is 132 Å². The molecule has 2 aromatic carbocycles. The van der Waals surface area contributed by atoms with Crippen LogP contribution in [0.25, 0.3) is 0 Å². The van der Waals surface area contributed by atoms with E-state index in [1.54, 1.807) is 36.4 Å². The number of nitrogens with zero attached hydrogens (tertiary/aromatic N) is 2. The third-order valence-electron chi connectivity index (χ3n) is 3.56. The van der Waals surface area contributed by atoms with Crippen LogP contribution in [0.3, 0.4) is 0 Å². The van der Waals surface area contributed by atoms with Gasteiger partial charge in [0.15, 0.2) is 5.72 Å². The minimum Gasteiger partial charge on any atom is -0.507 e. The molecule has 112 valence electrons. The molecule has 0 aliphatic carbocycles. The highest BCUT2D eigenvalue weighted by Crippen LogP contribution is 2.35. The molecule has 0 bridgehead atoms. The highest BCUT2D eigenvalue weighted by molar-refractivity contribution is 6.30. The number of hydrogen-bond donors (Lipinski definition) is 2. The summed E-state index contributed by atoms with van der Waals surface area (Å²) in [5, 5.41) is 26.2. The van der Waals surface area contributed by atoms with E-state index in [4.69, 9.17) is 11.6 Å². The molecule has 0 saturated carbocycles. The second-order valence-electron chi connectivity index (χ2n) is 4.96. The molecule has 0 spiro atoms. The molecule has 0 fully saturated rings. The Balaban J connectivity index is 1.99. The van der Waals surface area contributed by atoms with Crippen LogP contribution in [0.1, 0.15) is 22.3 Å². The molecule has 5 nitrogen and oxygen atoms in total. The summed E-state index contributed by atoms with van der Waals surface area (Å²) in [4.78, 5) is 12.6. The first-order chi connectivity index (χ1) is 10.5. The Morgan fingerprint density at radius 1 is 1.18 bits per heavy atom. The molecule has 6 heteroatoms. The van der Waals surface area contributed by atoms with Crippen LogP contribution in [0.5, 0.6) is 5.75 Å². The van der Waals surface area contributed by atoms with Crippen molar-refractivity contribution in [2.75, 3.05) is 0 Å². The van der Waals surface area contributed by atoms with Gasteiger partial charge in [-0.1, -0.05) is 35.9 Å². The largest absolute Gasteiger partial charge is 0.507 e. The summed E-state index contributed by atoms with van der Waals surface area (Å²) in [7, 11) is 0. The van der Waals surface area contributed by atoms with E-state index < -0.39 is 11.6 Å². The Morgan fingerprint density at radius 3 is 2.55 bits per heavy atom. The lowest BCUT2D eigenvalue weighted by atomic mass is 9.99. The monoisotopic (exact) mass is 316 g/mol. The van der Waals surface area contributed by atoms with E-state index >= 15 is 0 Å². The molecule has 1 amide bonds. The van der Waals surface area contributed by atoms with E-state index in [0.717, 1.165) is 5.01 Å². The minimum atomic E-state index is -1.59. The lowest BCUT2D eigenvalue weighted by molar-refractivity contribution is -0.0764. The van der Waals surface area contributed by atoms with Crippen molar-refractivity contribution in [3.63, 3.8) is 0 Å². The molecule has 2 N–H and O–H groups in total. The molecule has 0 radical (unpaired) electrons. The fourth-order valence-electron chi connectivity index (χ4n) is 2.38. The third kappa shape index (κ3) is 2.34. The number of carbonyl (C=O) groups excluding carboxylic acids is 1. The molecule has 0 unspecified atom stereocenters. The van der Waals surface area contributed by atoms with Gasteiger partial charge in [-0.2, -0.15) is 10.1 Å². The summed E-state index contributed by atoms with van der Waals surface area (Å²) in [6.07, 6.45) is 1.63. The maximum absolute atomic E-state index is 12.6. The number of aliphatic hydroxyl groups is 1. The van der Waals surface area contributed by atoms with Crippen molar-refractivity contribution >= 4 is 23.7 Å². The van der Waals surface area contributed by atoms with E-state index in [0.29, 0.717) is 10.6 Å². The average molecular weight is 317 g/mol. The molecule has 3 rings (SSSR count). The van der Waals surface area contributed by atoms with E-state index in [1.165, 1.54) is 18.3 Å². The van der Waals surface area contributed by atoms with Gasteiger partial charge in [-0.05, 0) is 24.3 Å². The topological polar surface area (TPSA) is 73.1 Å². The SMILES string of the molecule is O=C(c1ccccc1O)N1N=CC[C@@]1(O)c1ccc(Cl)cc1. The number of carbonyl (C=O) groups is 1. The van der Waals surface area contributed by atoms with Gasteiger partial charge >= 0.3 is 0 Å². The van der Waals surface area contributed by atoms with Crippen molar-refractivity contribution < 1.29 is 15.0 Å². The molecule has 1 atom stereocenters. The first-order valence-electron chi connectivity index (χ1n) is 6.66. The Morgan fingerprint density at radius 2 is 1.86 bits per heavy atom. The highest BCUT2D eigenvalue weighted by atomic mass is 35.5. The van der Waals surface area contributed by atoms with Crippen LogP contribution in [0.2, 0.25) is 5.02 Å². The fraction of sp³-hybridized carbons (Fsp3) is 0.125. The smallest absolute Gasteiger partial charge is 0.280 e. The molecule has 1 heterocycles. The van der Waals surface area contributed by atoms with Gasteiger partial charge in [0.25, 0.3) is 5.91 Å². The van der Waals surface area contributed by atoms with Crippen LogP contribution in [-0.4, -0.2) is 27.3 Å². The van der Waals surface area contributed by atoms with E-state index in [1.807, 2.05) is 0 Å². The summed E-state index contributed by atoms with van der Waals surface area (Å²) in [6, 6.07) is 12.7. The zero-order valence-electron chi connectivity index (χ0n) is 11.5. The maximum atomic E-state index is 12.6. The first-order valence-corrected chi connectivity index (χ1v) is 7.03. The van der Waals surface area contributed by atoms with Gasteiger partial charge in [-0.3, -0.25) is 4.79 Å². The quantitative estimate of drug-likeness (QED) is 0.894. The zero-order chi connectivity index (χ0) is 15.7. The van der Waals surface area contributed by atoms with Gasteiger partial charge in [0.2, 0.25) is 0 Å². The van der Waals surface area contributed by atoms with E-state index in [2.05, 4.69) is 5.10 Å². The van der Waals surface area contributed by atoms with Gasteiger partial charge in [-0.25, -0.2) is 0 Å². The number of aromatic hydroxyl groups is 1. The standard InChI is InChI=1S/C16H13ClN2O3/c17-12-7-5-11(6-8-12)16(22)9-10-18-19(16)15(21)13-3-1-2-4-14(13)20/h1-8,10,20,22H,9H2/t16-/m1/s1. The van der Waals surface area contributed by atoms with Crippen LogP contribution in [0, 0.1) is 0 Å². The van der Waals surface area contributed by atoms with Crippen molar-refractivity contribution in [1.82, 2.24) is 5.01 Å². The van der Waals surface area contributed by atoms with E-state index in [-0.39, 0.29) is 17.7 Å². The molecule has 2 aromatic rings. The van der Waals surface area contributed by atoms with Crippen molar-refractivity contribution in [2.24, 2.45) is 5.10 Å². The predicted octanol–water partition coefficient (Wildman–Crippen LogP) is 2.72. The molecule has 0 aromatic heterocycles. The number of hydrazone groups is 1. The van der Waals surface area contributed by atoms with Crippen LogP contribution in [0.15, 0.2) is 53.6 Å². The average Bonchev–Trinajstić information content (AvgIpc) is 2.91. The van der Waals surface area contributed by atoms with Crippen LogP contribution in [0.4, 0.5) is 0 Å². The molecule has 1 aliphatic rings.